The second kappa shape index (κ2) is 5.90. The van der Waals surface area contributed by atoms with E-state index in [0.717, 1.165) is 0 Å². The molecule has 0 saturated carbocycles. The van der Waals surface area contributed by atoms with Gasteiger partial charge < -0.3 is 5.32 Å². The summed E-state index contributed by atoms with van der Waals surface area (Å²) in [5.74, 6) is -0.294. The first-order chi connectivity index (χ1) is 9.38. The fourth-order valence-electron chi connectivity index (χ4n) is 1.65. The molecule has 0 amide bonds. The van der Waals surface area contributed by atoms with E-state index in [0.29, 0.717) is 22.3 Å². The lowest BCUT2D eigenvalue weighted by atomic mass is 10.2. The second-order valence-corrected chi connectivity index (χ2v) is 6.55. The zero-order valence-corrected chi connectivity index (χ0v) is 12.7. The lowest BCUT2D eigenvalue weighted by Crippen LogP contribution is -2.12. The third kappa shape index (κ3) is 3.56. The maximum Gasteiger partial charge on any atom is 0.238 e. The summed E-state index contributed by atoms with van der Waals surface area (Å²) in [6, 6.07) is 10.8. The molecule has 0 fully saturated rings. The van der Waals surface area contributed by atoms with Gasteiger partial charge in [-0.05, 0) is 40.2 Å². The van der Waals surface area contributed by atoms with Crippen LogP contribution in [0.15, 0.2) is 51.8 Å². The van der Waals surface area contributed by atoms with E-state index in [1.54, 1.807) is 24.3 Å². The average Bonchev–Trinajstić information content (AvgIpc) is 2.38. The number of nitrogens with one attached hydrogen (secondary N) is 1. The summed E-state index contributed by atoms with van der Waals surface area (Å²) in [4.78, 5) is 0.0146. The van der Waals surface area contributed by atoms with Crippen LogP contribution >= 0.6 is 15.9 Å². The molecule has 3 N–H and O–H groups in total. The molecule has 0 heterocycles. The van der Waals surface area contributed by atoms with Crippen LogP contribution in [0.2, 0.25) is 0 Å². The van der Waals surface area contributed by atoms with Gasteiger partial charge in [0.15, 0.2) is 0 Å². The molecule has 20 heavy (non-hydrogen) atoms. The predicted molar refractivity (Wildman–Crippen MR) is 79.2 cm³/mol. The molecule has 0 bridgehead atoms. The van der Waals surface area contributed by atoms with Crippen molar-refractivity contribution in [3.63, 3.8) is 0 Å². The summed E-state index contributed by atoms with van der Waals surface area (Å²) in [7, 11) is -3.73. The van der Waals surface area contributed by atoms with E-state index < -0.39 is 10.0 Å². The van der Waals surface area contributed by atoms with Crippen LogP contribution in [0, 0.1) is 5.82 Å². The van der Waals surface area contributed by atoms with E-state index in [2.05, 4.69) is 21.2 Å². The quantitative estimate of drug-likeness (QED) is 0.882. The van der Waals surface area contributed by atoms with Crippen LogP contribution in [-0.4, -0.2) is 8.42 Å². The number of nitrogens with two attached hydrogens (primary N) is 1. The summed E-state index contributed by atoms with van der Waals surface area (Å²) in [5, 5.41) is 8.07. The van der Waals surface area contributed by atoms with Gasteiger partial charge in [0.05, 0.1) is 4.90 Å². The molecule has 0 spiro atoms. The minimum Gasteiger partial charge on any atom is -0.380 e. The SMILES string of the molecule is NS(=O)(=O)c1ccc(NCc2ccccc2F)c(Br)c1. The van der Waals surface area contributed by atoms with Crippen molar-refractivity contribution in [1.82, 2.24) is 0 Å². The lowest BCUT2D eigenvalue weighted by molar-refractivity contribution is 0.598. The smallest absolute Gasteiger partial charge is 0.238 e. The van der Waals surface area contributed by atoms with Crippen molar-refractivity contribution in [1.29, 1.82) is 0 Å². The molecule has 0 aliphatic rings. The van der Waals surface area contributed by atoms with E-state index in [1.165, 1.54) is 18.2 Å². The highest BCUT2D eigenvalue weighted by molar-refractivity contribution is 9.10. The molecule has 106 valence electrons. The largest absolute Gasteiger partial charge is 0.380 e. The van der Waals surface area contributed by atoms with E-state index in [9.17, 15) is 12.8 Å². The molecule has 0 atom stereocenters. The van der Waals surface area contributed by atoms with Crippen molar-refractivity contribution in [2.45, 2.75) is 11.4 Å². The minimum atomic E-state index is -3.73. The van der Waals surface area contributed by atoms with Gasteiger partial charge in [-0.25, -0.2) is 17.9 Å². The lowest BCUT2D eigenvalue weighted by Gasteiger charge is -2.10. The van der Waals surface area contributed by atoms with E-state index in [4.69, 9.17) is 5.14 Å². The molecule has 2 aromatic rings. The molecule has 2 aromatic carbocycles. The Hall–Kier alpha value is -1.44. The monoisotopic (exact) mass is 358 g/mol. The van der Waals surface area contributed by atoms with Crippen molar-refractivity contribution >= 4 is 31.6 Å². The Morgan fingerprint density at radius 3 is 2.50 bits per heavy atom. The highest BCUT2D eigenvalue weighted by Gasteiger charge is 2.10. The van der Waals surface area contributed by atoms with Gasteiger partial charge in [0, 0.05) is 22.3 Å². The van der Waals surface area contributed by atoms with Gasteiger partial charge in [-0.15, -0.1) is 0 Å². The summed E-state index contributed by atoms with van der Waals surface area (Å²) in [6.07, 6.45) is 0. The average molecular weight is 359 g/mol. The van der Waals surface area contributed by atoms with Crippen LogP contribution in [0.3, 0.4) is 0 Å². The number of hydrogen-bond donors (Lipinski definition) is 2. The zero-order valence-electron chi connectivity index (χ0n) is 10.3. The van der Waals surface area contributed by atoms with Crippen LogP contribution in [0.5, 0.6) is 0 Å². The van der Waals surface area contributed by atoms with Gasteiger partial charge in [-0.1, -0.05) is 18.2 Å². The Morgan fingerprint density at radius 1 is 1.20 bits per heavy atom. The number of sulfonamides is 1. The Labute approximate surface area is 125 Å². The van der Waals surface area contributed by atoms with Crippen LogP contribution in [0.1, 0.15) is 5.56 Å². The van der Waals surface area contributed by atoms with Gasteiger partial charge in [0.1, 0.15) is 5.82 Å². The Morgan fingerprint density at radius 2 is 1.90 bits per heavy atom. The first kappa shape index (κ1) is 15.0. The molecule has 0 saturated heterocycles. The number of benzene rings is 2. The molecule has 0 radical (unpaired) electrons. The van der Waals surface area contributed by atoms with Crippen molar-refractivity contribution in [2.24, 2.45) is 5.14 Å². The molecular formula is C13H12BrFN2O2S. The van der Waals surface area contributed by atoms with Crippen molar-refractivity contribution in [3.8, 4) is 0 Å². The van der Waals surface area contributed by atoms with Crippen LogP contribution in [0.4, 0.5) is 10.1 Å². The summed E-state index contributed by atoms with van der Waals surface area (Å²) in [6.45, 7) is 0.292. The van der Waals surface area contributed by atoms with E-state index >= 15 is 0 Å². The van der Waals surface area contributed by atoms with Crippen molar-refractivity contribution in [3.05, 3.63) is 58.3 Å². The summed E-state index contributed by atoms with van der Waals surface area (Å²) in [5.41, 5.74) is 1.18. The Bertz CT molecular complexity index is 735. The number of rotatable bonds is 4. The fourth-order valence-corrected chi connectivity index (χ4v) is 2.86. The van der Waals surface area contributed by atoms with Crippen LogP contribution < -0.4 is 10.5 Å². The van der Waals surface area contributed by atoms with E-state index in [1.807, 2.05) is 0 Å². The summed E-state index contributed by atoms with van der Waals surface area (Å²) >= 11 is 3.26. The second-order valence-electron chi connectivity index (χ2n) is 4.13. The highest BCUT2D eigenvalue weighted by Crippen LogP contribution is 2.26. The third-order valence-corrected chi connectivity index (χ3v) is 4.26. The Balaban J connectivity index is 2.17. The fraction of sp³-hybridized carbons (Fsp3) is 0.0769. The number of hydrogen-bond acceptors (Lipinski definition) is 3. The van der Waals surface area contributed by atoms with Gasteiger partial charge in [-0.2, -0.15) is 0 Å². The van der Waals surface area contributed by atoms with Gasteiger partial charge in [-0.3, -0.25) is 0 Å². The zero-order chi connectivity index (χ0) is 14.8. The van der Waals surface area contributed by atoms with Crippen molar-refractivity contribution < 1.29 is 12.8 Å². The molecule has 7 heteroatoms. The molecule has 0 aliphatic carbocycles. The normalized spacial score (nSPS) is 11.3. The molecular weight excluding hydrogens is 347 g/mol. The minimum absolute atomic E-state index is 0.0146. The van der Waals surface area contributed by atoms with Crippen molar-refractivity contribution in [2.75, 3.05) is 5.32 Å². The highest BCUT2D eigenvalue weighted by atomic mass is 79.9. The number of primary sulfonamides is 1. The van der Waals surface area contributed by atoms with Crippen LogP contribution in [0.25, 0.3) is 0 Å². The molecule has 2 rings (SSSR count). The first-order valence-corrected chi connectivity index (χ1v) is 8.01. The molecule has 0 aliphatic heterocycles. The van der Waals surface area contributed by atoms with Gasteiger partial charge >= 0.3 is 0 Å². The molecule has 0 unspecified atom stereocenters. The third-order valence-electron chi connectivity index (χ3n) is 2.70. The topological polar surface area (TPSA) is 72.2 Å². The Kier molecular flexibility index (Phi) is 4.42. The predicted octanol–water partition coefficient (Wildman–Crippen LogP) is 2.85. The number of anilines is 1. The first-order valence-electron chi connectivity index (χ1n) is 5.67. The standard InChI is InChI=1S/C13H12BrFN2O2S/c14-11-7-10(20(16,18)19)5-6-13(11)17-8-9-3-1-2-4-12(9)15/h1-7,17H,8H2,(H2,16,18,19). The van der Waals surface area contributed by atoms with E-state index in [-0.39, 0.29) is 10.7 Å². The number of halogens is 2. The van der Waals surface area contributed by atoms with Gasteiger partial charge in [0.25, 0.3) is 0 Å². The van der Waals surface area contributed by atoms with Gasteiger partial charge in [0.2, 0.25) is 10.0 Å². The maximum atomic E-state index is 13.5. The van der Waals surface area contributed by atoms with Crippen LogP contribution in [-0.2, 0) is 16.6 Å². The summed E-state index contributed by atoms with van der Waals surface area (Å²) < 4.78 is 36.4. The molecule has 4 nitrogen and oxygen atoms in total. The maximum absolute atomic E-state index is 13.5. The molecule has 0 aromatic heterocycles.